The average Bonchev–Trinajstić information content (AvgIpc) is 3.67. The van der Waals surface area contributed by atoms with Crippen LogP contribution in [0.2, 0.25) is 0 Å². The monoisotopic (exact) mass is 531 g/mol. The second-order valence-corrected chi connectivity index (χ2v) is 11.9. The van der Waals surface area contributed by atoms with Crippen molar-refractivity contribution >= 4 is 27.6 Å². The molecule has 9 heteroatoms. The molecule has 3 unspecified atom stereocenters. The fourth-order valence-corrected chi connectivity index (χ4v) is 7.02. The summed E-state index contributed by atoms with van der Waals surface area (Å²) >= 11 is 0. The minimum absolute atomic E-state index is 0.0438. The standard InChI is InChI=1S/C29H30FN5O2S/c1-19(8-9-20-6-4-3-5-7-20)26-15-13-24-27(38(37,34-26)33-22-10-11-22)18-35(2)28(24)29(36)32-23-12-14-25(30)21(16-23)17-31/h3-7,12-16,18-19,22,26H,8-11H2,1-2H3,(H,32,36)(H,33,34,37). The van der Waals surface area contributed by atoms with Gasteiger partial charge in [0.2, 0.25) is 0 Å². The Morgan fingerprint density at radius 3 is 2.76 bits per heavy atom. The van der Waals surface area contributed by atoms with E-state index >= 15 is 0 Å². The van der Waals surface area contributed by atoms with Crippen molar-refractivity contribution in [1.82, 2.24) is 9.29 Å². The van der Waals surface area contributed by atoms with E-state index in [1.807, 2.05) is 30.4 Å². The van der Waals surface area contributed by atoms with Gasteiger partial charge in [-0.15, -0.1) is 0 Å². The Labute approximate surface area is 222 Å². The lowest BCUT2D eigenvalue weighted by Gasteiger charge is -2.23. The number of hydrogen-bond acceptors (Lipinski definition) is 4. The molecule has 1 aliphatic heterocycles. The van der Waals surface area contributed by atoms with Crippen molar-refractivity contribution < 1.29 is 13.4 Å². The summed E-state index contributed by atoms with van der Waals surface area (Å²) in [5, 5.41) is 11.9. The molecular formula is C29H30FN5O2S. The number of rotatable bonds is 7. The molecule has 2 heterocycles. The molecule has 2 aromatic carbocycles. The average molecular weight is 532 g/mol. The van der Waals surface area contributed by atoms with Gasteiger partial charge in [0.15, 0.2) is 0 Å². The lowest BCUT2D eigenvalue weighted by Crippen LogP contribution is -2.37. The molecule has 1 aliphatic carbocycles. The Bertz CT molecular complexity index is 1560. The van der Waals surface area contributed by atoms with Crippen LogP contribution in [-0.4, -0.2) is 26.8 Å². The summed E-state index contributed by atoms with van der Waals surface area (Å²) in [6.07, 6.45) is 9.15. The lowest BCUT2D eigenvalue weighted by atomic mass is 9.94. The van der Waals surface area contributed by atoms with Crippen molar-refractivity contribution in [3.63, 3.8) is 0 Å². The Hall–Kier alpha value is -3.74. The van der Waals surface area contributed by atoms with Crippen LogP contribution in [0.1, 0.15) is 53.4 Å². The molecule has 0 bridgehead atoms. The zero-order chi connectivity index (χ0) is 26.9. The first-order valence-corrected chi connectivity index (χ1v) is 14.2. The minimum atomic E-state index is -3.01. The van der Waals surface area contributed by atoms with Gasteiger partial charge in [-0.3, -0.25) is 4.79 Å². The summed E-state index contributed by atoms with van der Waals surface area (Å²) in [5.41, 5.74) is 2.26. The zero-order valence-corrected chi connectivity index (χ0v) is 22.2. The summed E-state index contributed by atoms with van der Waals surface area (Å²) < 4.78 is 37.9. The number of fused-ring (bicyclic) bond motifs is 1. The van der Waals surface area contributed by atoms with Gasteiger partial charge in [-0.25, -0.2) is 17.7 Å². The molecule has 0 spiro atoms. The smallest absolute Gasteiger partial charge is 0.272 e. The largest absolute Gasteiger partial charge is 0.345 e. The van der Waals surface area contributed by atoms with E-state index in [0.29, 0.717) is 21.8 Å². The van der Waals surface area contributed by atoms with E-state index in [-0.39, 0.29) is 23.6 Å². The maximum Gasteiger partial charge on any atom is 0.272 e. The van der Waals surface area contributed by atoms with E-state index in [9.17, 15) is 13.4 Å². The van der Waals surface area contributed by atoms with E-state index in [0.717, 1.165) is 31.7 Å². The molecule has 3 aromatic rings. The zero-order valence-electron chi connectivity index (χ0n) is 21.4. The number of aryl methyl sites for hydroxylation is 2. The maximum absolute atomic E-state index is 14.4. The Balaban J connectivity index is 1.47. The number of benzene rings is 2. The molecule has 7 nitrogen and oxygen atoms in total. The van der Waals surface area contributed by atoms with Crippen LogP contribution in [0.5, 0.6) is 0 Å². The third kappa shape index (κ3) is 5.42. The van der Waals surface area contributed by atoms with Gasteiger partial charge >= 0.3 is 0 Å². The van der Waals surface area contributed by atoms with E-state index < -0.39 is 21.6 Å². The molecule has 38 heavy (non-hydrogen) atoms. The van der Waals surface area contributed by atoms with Crippen LogP contribution in [0.4, 0.5) is 10.1 Å². The quantitative estimate of drug-likeness (QED) is 0.424. The van der Waals surface area contributed by atoms with Gasteiger partial charge < -0.3 is 9.88 Å². The van der Waals surface area contributed by atoms with Crippen LogP contribution in [-0.2, 0) is 23.4 Å². The lowest BCUT2D eigenvalue weighted by molar-refractivity contribution is 0.101. The second kappa shape index (κ2) is 10.6. The molecule has 0 saturated heterocycles. The van der Waals surface area contributed by atoms with Crippen molar-refractivity contribution in [2.45, 2.75) is 49.6 Å². The van der Waals surface area contributed by atoms with Crippen molar-refractivity contribution in [1.29, 1.82) is 5.26 Å². The number of halogens is 1. The normalized spacial score (nSPS) is 21.2. The number of hydrogen-bond donors (Lipinski definition) is 2. The molecule has 1 amide bonds. The van der Waals surface area contributed by atoms with Gasteiger partial charge in [0, 0.05) is 30.5 Å². The molecule has 2 aliphatic rings. The van der Waals surface area contributed by atoms with Crippen LogP contribution in [0, 0.1) is 23.1 Å². The topological polar surface area (TPSA) is 99.3 Å². The fraction of sp³-hybridized carbons (Fsp3) is 0.310. The first kappa shape index (κ1) is 25.9. The molecule has 196 valence electrons. The number of carbonyl (C=O) groups is 1. The van der Waals surface area contributed by atoms with Gasteiger partial charge in [-0.2, -0.15) is 5.26 Å². The van der Waals surface area contributed by atoms with Crippen molar-refractivity contribution in [3.8, 4) is 6.07 Å². The van der Waals surface area contributed by atoms with E-state index in [2.05, 4.69) is 29.1 Å². The summed E-state index contributed by atoms with van der Waals surface area (Å²) in [7, 11) is -1.28. The van der Waals surface area contributed by atoms with Gasteiger partial charge in [0.1, 0.15) is 27.5 Å². The number of nitrogens with one attached hydrogen (secondary N) is 2. The number of carbonyl (C=O) groups excluding carboxylic acids is 1. The Kier molecular flexibility index (Phi) is 7.19. The maximum atomic E-state index is 14.4. The number of anilines is 1. The molecule has 0 radical (unpaired) electrons. The van der Waals surface area contributed by atoms with Gasteiger partial charge in [0.25, 0.3) is 5.91 Å². The Morgan fingerprint density at radius 1 is 1.29 bits per heavy atom. The third-order valence-electron chi connectivity index (χ3n) is 7.00. The molecular weight excluding hydrogens is 501 g/mol. The van der Waals surface area contributed by atoms with Crippen molar-refractivity contribution in [3.05, 3.63) is 89.0 Å². The summed E-state index contributed by atoms with van der Waals surface area (Å²) in [6.45, 7) is 2.13. The van der Waals surface area contributed by atoms with Gasteiger partial charge in [0.05, 0.1) is 16.5 Å². The molecule has 5 rings (SSSR count). The first-order chi connectivity index (χ1) is 18.3. The number of nitriles is 1. The highest BCUT2D eigenvalue weighted by atomic mass is 32.2. The summed E-state index contributed by atoms with van der Waals surface area (Å²) in [4.78, 5) is 13.9. The number of nitrogens with zero attached hydrogens (tertiary/aromatic N) is 3. The highest BCUT2D eigenvalue weighted by Crippen LogP contribution is 2.34. The van der Waals surface area contributed by atoms with Crippen LogP contribution < -0.4 is 10.0 Å². The fourth-order valence-electron chi connectivity index (χ4n) is 4.65. The minimum Gasteiger partial charge on any atom is -0.345 e. The van der Waals surface area contributed by atoms with Gasteiger partial charge in [-0.1, -0.05) is 49.4 Å². The van der Waals surface area contributed by atoms with Crippen LogP contribution in [0.25, 0.3) is 6.08 Å². The molecule has 1 saturated carbocycles. The highest BCUT2D eigenvalue weighted by Gasteiger charge is 2.33. The number of amides is 1. The van der Waals surface area contributed by atoms with Crippen LogP contribution >= 0.6 is 0 Å². The number of aromatic nitrogens is 1. The molecule has 1 fully saturated rings. The van der Waals surface area contributed by atoms with Crippen molar-refractivity contribution in [2.24, 2.45) is 17.3 Å². The molecule has 1 aromatic heterocycles. The molecule has 2 N–H and O–H groups in total. The first-order valence-electron chi connectivity index (χ1n) is 12.7. The van der Waals surface area contributed by atoms with Crippen LogP contribution in [0.3, 0.4) is 0 Å². The van der Waals surface area contributed by atoms with Crippen LogP contribution in [0.15, 0.2) is 70.1 Å². The Morgan fingerprint density at radius 2 is 2.05 bits per heavy atom. The van der Waals surface area contributed by atoms with Gasteiger partial charge in [-0.05, 0) is 55.4 Å². The van der Waals surface area contributed by atoms with E-state index in [1.165, 1.54) is 17.7 Å². The van der Waals surface area contributed by atoms with Crippen molar-refractivity contribution in [2.75, 3.05) is 5.32 Å². The predicted octanol–water partition coefficient (Wildman–Crippen LogP) is 5.45. The third-order valence-corrected chi connectivity index (χ3v) is 9.10. The predicted molar refractivity (Wildman–Crippen MR) is 146 cm³/mol. The highest BCUT2D eigenvalue weighted by molar-refractivity contribution is 7.91. The molecule has 3 atom stereocenters. The summed E-state index contributed by atoms with van der Waals surface area (Å²) in [6, 6.07) is 15.7. The van der Waals surface area contributed by atoms with E-state index in [4.69, 9.17) is 9.62 Å². The summed E-state index contributed by atoms with van der Waals surface area (Å²) in [5.74, 6) is -0.931. The van der Waals surface area contributed by atoms with E-state index in [1.54, 1.807) is 23.9 Å². The second-order valence-electron chi connectivity index (χ2n) is 9.99. The SMILES string of the molecule is CC(CCc1ccccc1)C1C=Cc2c(cn(C)c2C(=O)Nc2ccc(F)c(C#N)c2)S(=O)(=NC2CC2)N1.